The molecule has 0 saturated heterocycles. The predicted molar refractivity (Wildman–Crippen MR) is 119 cm³/mol. The first-order valence-electron chi connectivity index (χ1n) is 10.1. The van der Waals surface area contributed by atoms with Crippen molar-refractivity contribution in [2.45, 2.75) is 6.54 Å². The van der Waals surface area contributed by atoms with Gasteiger partial charge in [-0.1, -0.05) is 18.2 Å². The highest BCUT2D eigenvalue weighted by Crippen LogP contribution is 2.26. The van der Waals surface area contributed by atoms with Gasteiger partial charge < -0.3 is 10.6 Å². The first-order valence-corrected chi connectivity index (χ1v) is 10.1. The van der Waals surface area contributed by atoms with Crippen molar-refractivity contribution in [1.82, 2.24) is 15.2 Å². The third-order valence-electron chi connectivity index (χ3n) is 5.13. The molecule has 170 valence electrons. The minimum Gasteiger partial charge on any atom is -0.350 e. The van der Waals surface area contributed by atoms with Crippen molar-refractivity contribution in [3.05, 3.63) is 99.4 Å². The molecule has 0 atom stereocenters. The normalized spacial score (nSPS) is 12.3. The zero-order chi connectivity index (χ0) is 24.2. The Hall–Kier alpha value is -4.93. The molecule has 1 aromatic heterocycles. The minimum absolute atomic E-state index is 0.00635. The van der Waals surface area contributed by atoms with Crippen LogP contribution in [-0.4, -0.2) is 45.0 Å². The molecule has 0 bridgehead atoms. The van der Waals surface area contributed by atoms with Crippen molar-refractivity contribution in [3.63, 3.8) is 0 Å². The van der Waals surface area contributed by atoms with Crippen LogP contribution < -0.4 is 10.6 Å². The molecule has 0 fully saturated rings. The van der Waals surface area contributed by atoms with Crippen LogP contribution in [-0.2, 0) is 11.3 Å². The second-order valence-corrected chi connectivity index (χ2v) is 7.31. The number of anilines is 1. The van der Waals surface area contributed by atoms with E-state index >= 15 is 0 Å². The van der Waals surface area contributed by atoms with Crippen LogP contribution in [0.2, 0.25) is 0 Å². The molecule has 0 spiro atoms. The lowest BCUT2D eigenvalue weighted by Gasteiger charge is -2.15. The number of amides is 4. The fourth-order valence-corrected chi connectivity index (χ4v) is 3.42. The maximum Gasteiger partial charge on any atom is 0.270 e. The van der Waals surface area contributed by atoms with Gasteiger partial charge in [-0.15, -0.1) is 0 Å². The Labute approximate surface area is 192 Å². The molecule has 0 saturated carbocycles. The Bertz CT molecular complexity index is 1320. The Kier molecular flexibility index (Phi) is 6.08. The zero-order valence-corrected chi connectivity index (χ0v) is 17.6. The molecule has 2 N–H and O–H groups in total. The zero-order valence-electron chi connectivity index (χ0n) is 17.6. The number of carbonyl (C=O) groups excluding carboxylic acids is 4. The lowest BCUT2D eigenvalue weighted by molar-refractivity contribution is -0.384. The molecular weight excluding hydrogens is 442 g/mol. The molecule has 11 heteroatoms. The number of fused-ring (bicyclic) bond motifs is 1. The smallest absolute Gasteiger partial charge is 0.270 e. The molecule has 1 aliphatic rings. The number of non-ortho nitro benzene ring substituents is 1. The van der Waals surface area contributed by atoms with Crippen molar-refractivity contribution in [3.8, 4) is 0 Å². The van der Waals surface area contributed by atoms with E-state index in [0.717, 1.165) is 17.0 Å². The maximum absolute atomic E-state index is 12.6. The van der Waals surface area contributed by atoms with Crippen LogP contribution in [0.1, 0.15) is 36.6 Å². The molecule has 4 amide bonds. The Balaban J connectivity index is 1.40. The summed E-state index contributed by atoms with van der Waals surface area (Å²) in [6.45, 7) is -0.526. The second kappa shape index (κ2) is 9.28. The molecule has 2 aromatic carbocycles. The van der Waals surface area contributed by atoms with Crippen molar-refractivity contribution >= 4 is 35.0 Å². The van der Waals surface area contributed by atoms with Gasteiger partial charge in [0.15, 0.2) is 0 Å². The largest absolute Gasteiger partial charge is 0.350 e. The lowest BCUT2D eigenvalue weighted by atomic mass is 10.1. The Morgan fingerprint density at radius 3 is 2.50 bits per heavy atom. The van der Waals surface area contributed by atoms with Gasteiger partial charge >= 0.3 is 0 Å². The number of nitrogens with one attached hydrogen (secondary N) is 2. The van der Waals surface area contributed by atoms with E-state index in [1.165, 1.54) is 12.3 Å². The van der Waals surface area contributed by atoms with Gasteiger partial charge in [0.2, 0.25) is 5.91 Å². The van der Waals surface area contributed by atoms with Crippen LogP contribution in [0.5, 0.6) is 0 Å². The summed E-state index contributed by atoms with van der Waals surface area (Å²) >= 11 is 0. The first-order chi connectivity index (χ1) is 16.3. The maximum atomic E-state index is 12.6. The van der Waals surface area contributed by atoms with Gasteiger partial charge in [-0.2, -0.15) is 0 Å². The van der Waals surface area contributed by atoms with Crippen molar-refractivity contribution in [2.24, 2.45) is 0 Å². The van der Waals surface area contributed by atoms with Crippen LogP contribution >= 0.6 is 0 Å². The van der Waals surface area contributed by atoms with E-state index < -0.39 is 29.2 Å². The fourth-order valence-electron chi connectivity index (χ4n) is 3.42. The highest BCUT2D eigenvalue weighted by atomic mass is 16.6. The Morgan fingerprint density at radius 2 is 1.76 bits per heavy atom. The van der Waals surface area contributed by atoms with E-state index in [-0.39, 0.29) is 29.3 Å². The third-order valence-corrected chi connectivity index (χ3v) is 5.13. The molecule has 3 aromatic rings. The van der Waals surface area contributed by atoms with Gasteiger partial charge in [-0.05, 0) is 29.8 Å². The first kappa shape index (κ1) is 22.3. The standard InChI is InChI=1S/C23H17N5O6/c29-20(13-27-22(31)17-8-7-16(28(33)34)10-18(17)23(27)32)25-12-14-4-1-2-6-19(14)26-21(30)15-5-3-9-24-11-15/h1-11H,12-13H2,(H,25,29)(H,26,30). The summed E-state index contributed by atoms with van der Waals surface area (Å²) in [6.07, 6.45) is 2.98. The van der Waals surface area contributed by atoms with Crippen LogP contribution in [0, 0.1) is 10.1 Å². The Morgan fingerprint density at radius 1 is 1.00 bits per heavy atom. The van der Waals surface area contributed by atoms with E-state index in [4.69, 9.17) is 0 Å². The molecule has 0 radical (unpaired) electrons. The number of para-hydroxylation sites is 1. The number of hydrogen-bond donors (Lipinski definition) is 2. The number of nitrogens with zero attached hydrogens (tertiary/aromatic N) is 3. The average molecular weight is 459 g/mol. The van der Waals surface area contributed by atoms with E-state index in [0.29, 0.717) is 16.8 Å². The molecule has 34 heavy (non-hydrogen) atoms. The summed E-state index contributed by atoms with van der Waals surface area (Å²) in [5, 5.41) is 16.3. The van der Waals surface area contributed by atoms with E-state index in [1.807, 2.05) is 0 Å². The number of nitro groups is 1. The van der Waals surface area contributed by atoms with Crippen LogP contribution in [0.25, 0.3) is 0 Å². The number of carbonyl (C=O) groups is 4. The van der Waals surface area contributed by atoms with Gasteiger partial charge in [0.1, 0.15) is 6.54 Å². The molecular formula is C23H17N5O6. The van der Waals surface area contributed by atoms with Crippen molar-refractivity contribution in [2.75, 3.05) is 11.9 Å². The SMILES string of the molecule is O=C(CN1C(=O)c2ccc([N+](=O)[O-])cc2C1=O)NCc1ccccc1NC(=O)c1cccnc1. The van der Waals surface area contributed by atoms with E-state index in [9.17, 15) is 29.3 Å². The molecule has 1 aliphatic heterocycles. The highest BCUT2D eigenvalue weighted by molar-refractivity contribution is 6.22. The summed E-state index contributed by atoms with van der Waals surface area (Å²) in [7, 11) is 0. The molecule has 11 nitrogen and oxygen atoms in total. The van der Waals surface area contributed by atoms with Gasteiger partial charge in [0.05, 0.1) is 21.6 Å². The summed E-state index contributed by atoms with van der Waals surface area (Å²) in [5.74, 6) is -2.46. The second-order valence-electron chi connectivity index (χ2n) is 7.31. The third kappa shape index (κ3) is 4.48. The van der Waals surface area contributed by atoms with Crippen molar-refractivity contribution < 1.29 is 24.1 Å². The number of aromatic nitrogens is 1. The van der Waals surface area contributed by atoms with E-state index in [2.05, 4.69) is 15.6 Å². The average Bonchev–Trinajstić information content (AvgIpc) is 3.08. The lowest BCUT2D eigenvalue weighted by Crippen LogP contribution is -2.40. The summed E-state index contributed by atoms with van der Waals surface area (Å²) in [4.78, 5) is 64.9. The number of imide groups is 1. The monoisotopic (exact) mass is 459 g/mol. The van der Waals surface area contributed by atoms with E-state index in [1.54, 1.807) is 42.6 Å². The number of rotatable bonds is 7. The van der Waals surface area contributed by atoms with Gasteiger partial charge in [-0.25, -0.2) is 0 Å². The number of benzene rings is 2. The van der Waals surface area contributed by atoms with Crippen LogP contribution in [0.15, 0.2) is 67.0 Å². The van der Waals surface area contributed by atoms with Gasteiger partial charge in [0.25, 0.3) is 23.4 Å². The number of hydrogen-bond acceptors (Lipinski definition) is 7. The van der Waals surface area contributed by atoms with Crippen LogP contribution in [0.4, 0.5) is 11.4 Å². The molecule has 4 rings (SSSR count). The fraction of sp³-hybridized carbons (Fsp3) is 0.0870. The molecule has 2 heterocycles. The summed E-state index contributed by atoms with van der Waals surface area (Å²) in [5.41, 5.74) is 1.02. The summed E-state index contributed by atoms with van der Waals surface area (Å²) in [6, 6.07) is 13.4. The quantitative estimate of drug-likeness (QED) is 0.312. The summed E-state index contributed by atoms with van der Waals surface area (Å²) < 4.78 is 0. The van der Waals surface area contributed by atoms with Gasteiger partial charge in [-0.3, -0.25) is 39.2 Å². The molecule has 0 unspecified atom stereocenters. The number of nitro benzene ring substituents is 1. The minimum atomic E-state index is -0.775. The highest BCUT2D eigenvalue weighted by Gasteiger charge is 2.37. The van der Waals surface area contributed by atoms with Gasteiger partial charge in [0, 0.05) is 36.8 Å². The topological polar surface area (TPSA) is 152 Å². The number of pyridine rings is 1. The van der Waals surface area contributed by atoms with Crippen LogP contribution in [0.3, 0.4) is 0 Å². The predicted octanol–water partition coefficient (Wildman–Crippen LogP) is 2.15. The molecule has 0 aliphatic carbocycles. The van der Waals surface area contributed by atoms with Crippen molar-refractivity contribution in [1.29, 1.82) is 0 Å².